The molecule has 0 saturated carbocycles. The van der Waals surface area contributed by atoms with E-state index in [4.69, 9.17) is 0 Å². The molecule has 1 fully saturated rings. The molecule has 1 N–H and O–H groups in total. The van der Waals surface area contributed by atoms with Crippen molar-refractivity contribution in [2.45, 2.75) is 19.0 Å². The summed E-state index contributed by atoms with van der Waals surface area (Å²) in [6.07, 6.45) is 0.644. The third kappa shape index (κ3) is 3.77. The molecule has 0 aliphatic carbocycles. The zero-order chi connectivity index (χ0) is 16.4. The average molecular weight is 352 g/mol. The topological polar surface area (TPSA) is 89.3 Å². The summed E-state index contributed by atoms with van der Waals surface area (Å²) in [4.78, 5) is 12.6. The van der Waals surface area contributed by atoms with Crippen LogP contribution in [0.5, 0.6) is 0 Å². The molecule has 0 amide bonds. The minimum atomic E-state index is -2.89. The van der Waals surface area contributed by atoms with Crippen molar-refractivity contribution in [3.63, 3.8) is 0 Å². The summed E-state index contributed by atoms with van der Waals surface area (Å²) in [5.74, 6) is 0.436. The number of nitro groups is 1. The molecule has 1 aliphatic heterocycles. The van der Waals surface area contributed by atoms with Crippen LogP contribution in [0.4, 0.5) is 5.69 Å². The summed E-state index contributed by atoms with van der Waals surface area (Å²) in [6.45, 7) is 0.575. The molecule has 1 saturated heterocycles. The van der Waals surface area contributed by atoms with Gasteiger partial charge in [-0.05, 0) is 24.6 Å². The van der Waals surface area contributed by atoms with Gasteiger partial charge in [0.1, 0.15) is 0 Å². The van der Waals surface area contributed by atoms with Gasteiger partial charge in [0.05, 0.1) is 22.0 Å². The Balaban J connectivity index is 1.71. The number of nitro benzene ring substituents is 1. The van der Waals surface area contributed by atoms with Crippen molar-refractivity contribution >= 4 is 26.9 Å². The Labute approximate surface area is 138 Å². The molecule has 122 valence electrons. The largest absolute Gasteiger partial charge is 0.308 e. The molecule has 1 aromatic carbocycles. The summed E-state index contributed by atoms with van der Waals surface area (Å²) in [5, 5.41) is 14.4. The van der Waals surface area contributed by atoms with E-state index in [-0.39, 0.29) is 28.2 Å². The average Bonchev–Trinajstić information content (AvgIpc) is 3.11. The van der Waals surface area contributed by atoms with Gasteiger partial charge in [-0.25, -0.2) is 8.42 Å². The van der Waals surface area contributed by atoms with Crippen LogP contribution < -0.4 is 5.32 Å². The van der Waals surface area contributed by atoms with Gasteiger partial charge in [-0.15, -0.1) is 11.3 Å². The van der Waals surface area contributed by atoms with E-state index in [0.717, 1.165) is 9.75 Å². The van der Waals surface area contributed by atoms with Gasteiger partial charge in [-0.3, -0.25) is 10.1 Å². The van der Waals surface area contributed by atoms with Crippen molar-refractivity contribution in [3.8, 4) is 10.4 Å². The highest BCUT2D eigenvalue weighted by molar-refractivity contribution is 7.91. The van der Waals surface area contributed by atoms with Crippen molar-refractivity contribution < 1.29 is 13.3 Å². The van der Waals surface area contributed by atoms with E-state index in [0.29, 0.717) is 18.5 Å². The fourth-order valence-corrected chi connectivity index (χ4v) is 5.36. The van der Waals surface area contributed by atoms with Gasteiger partial charge in [-0.2, -0.15) is 0 Å². The Morgan fingerprint density at radius 3 is 2.74 bits per heavy atom. The fraction of sp³-hybridized carbons (Fsp3) is 0.333. The minimum Gasteiger partial charge on any atom is -0.308 e. The fourth-order valence-electron chi connectivity index (χ4n) is 2.66. The van der Waals surface area contributed by atoms with E-state index in [2.05, 4.69) is 5.32 Å². The van der Waals surface area contributed by atoms with Crippen LogP contribution in [-0.2, 0) is 16.4 Å². The summed E-state index contributed by atoms with van der Waals surface area (Å²) < 4.78 is 22.9. The number of nitrogens with zero attached hydrogens (tertiary/aromatic N) is 1. The number of nitrogens with one attached hydrogen (secondary N) is 1. The second-order valence-corrected chi connectivity index (χ2v) is 8.92. The molecule has 1 aliphatic rings. The lowest BCUT2D eigenvalue weighted by molar-refractivity contribution is -0.384. The third-order valence-electron chi connectivity index (χ3n) is 3.83. The SMILES string of the molecule is O=[N+]([O-])c1ccccc1-c1ccc(CNC2CCS(=O)(=O)C2)s1. The normalized spacial score (nSPS) is 19.7. The highest BCUT2D eigenvalue weighted by atomic mass is 32.2. The number of hydrogen-bond donors (Lipinski definition) is 1. The molecule has 1 aromatic heterocycles. The molecular weight excluding hydrogens is 336 g/mol. The van der Waals surface area contributed by atoms with Crippen LogP contribution >= 0.6 is 11.3 Å². The molecule has 0 spiro atoms. The molecule has 8 heteroatoms. The molecule has 1 unspecified atom stereocenters. The number of benzene rings is 1. The van der Waals surface area contributed by atoms with Crippen molar-refractivity contribution in [1.29, 1.82) is 0 Å². The number of rotatable bonds is 5. The van der Waals surface area contributed by atoms with Gasteiger partial charge in [0, 0.05) is 28.4 Å². The number of thiophene rings is 1. The van der Waals surface area contributed by atoms with Gasteiger partial charge in [-0.1, -0.05) is 12.1 Å². The summed E-state index contributed by atoms with van der Waals surface area (Å²) in [6, 6.07) is 10.5. The zero-order valence-corrected chi connectivity index (χ0v) is 13.9. The monoisotopic (exact) mass is 352 g/mol. The molecule has 1 atom stereocenters. The Morgan fingerprint density at radius 1 is 1.26 bits per heavy atom. The van der Waals surface area contributed by atoms with Crippen molar-refractivity contribution in [2.75, 3.05) is 11.5 Å². The number of para-hydroxylation sites is 1. The van der Waals surface area contributed by atoms with Gasteiger partial charge in [0.2, 0.25) is 0 Å². The summed E-state index contributed by atoms with van der Waals surface area (Å²) in [7, 11) is -2.89. The van der Waals surface area contributed by atoms with E-state index in [1.165, 1.54) is 17.4 Å². The van der Waals surface area contributed by atoms with Crippen LogP contribution in [0.15, 0.2) is 36.4 Å². The first-order chi connectivity index (χ1) is 10.9. The first-order valence-corrected chi connectivity index (χ1v) is 9.85. The Morgan fingerprint density at radius 2 is 2.04 bits per heavy atom. The summed E-state index contributed by atoms with van der Waals surface area (Å²) in [5.41, 5.74) is 0.702. The lowest BCUT2D eigenvalue weighted by atomic mass is 10.1. The Bertz CT molecular complexity index is 830. The molecule has 0 bridgehead atoms. The molecule has 2 aromatic rings. The van der Waals surface area contributed by atoms with E-state index >= 15 is 0 Å². The van der Waals surface area contributed by atoms with Crippen LogP contribution in [0.25, 0.3) is 10.4 Å². The lowest BCUT2D eigenvalue weighted by Crippen LogP contribution is -2.29. The first kappa shape index (κ1) is 16.1. The number of hydrogen-bond acceptors (Lipinski definition) is 6. The van der Waals surface area contributed by atoms with Crippen LogP contribution in [0, 0.1) is 10.1 Å². The smallest absolute Gasteiger partial charge is 0.278 e. The second kappa shape index (κ2) is 6.38. The van der Waals surface area contributed by atoms with Crippen LogP contribution in [0.1, 0.15) is 11.3 Å². The van der Waals surface area contributed by atoms with Crippen LogP contribution in [0.3, 0.4) is 0 Å². The van der Waals surface area contributed by atoms with Crippen LogP contribution in [0.2, 0.25) is 0 Å². The molecule has 2 heterocycles. The number of sulfone groups is 1. The summed E-state index contributed by atoms with van der Waals surface area (Å²) >= 11 is 1.48. The van der Waals surface area contributed by atoms with Gasteiger partial charge >= 0.3 is 0 Å². The maximum absolute atomic E-state index is 11.4. The molecule has 23 heavy (non-hydrogen) atoms. The quantitative estimate of drug-likeness (QED) is 0.660. The van der Waals surface area contributed by atoms with Crippen molar-refractivity contribution in [2.24, 2.45) is 0 Å². The molecule has 3 rings (SSSR count). The van der Waals surface area contributed by atoms with Crippen molar-refractivity contribution in [1.82, 2.24) is 5.32 Å². The third-order valence-corrected chi connectivity index (χ3v) is 6.71. The predicted molar refractivity (Wildman–Crippen MR) is 90.3 cm³/mol. The van der Waals surface area contributed by atoms with E-state index < -0.39 is 9.84 Å². The predicted octanol–water partition coefficient (Wildman–Crippen LogP) is 2.60. The van der Waals surface area contributed by atoms with Gasteiger partial charge < -0.3 is 5.32 Å². The molecule has 6 nitrogen and oxygen atoms in total. The zero-order valence-electron chi connectivity index (χ0n) is 12.3. The highest BCUT2D eigenvalue weighted by Crippen LogP contribution is 2.34. The Kier molecular flexibility index (Phi) is 4.47. The molecular formula is C15H16N2O4S2. The first-order valence-electron chi connectivity index (χ1n) is 7.21. The Hall–Kier alpha value is -1.77. The van der Waals surface area contributed by atoms with Gasteiger partial charge in [0.25, 0.3) is 5.69 Å². The van der Waals surface area contributed by atoms with Gasteiger partial charge in [0.15, 0.2) is 9.84 Å². The maximum atomic E-state index is 11.4. The lowest BCUT2D eigenvalue weighted by Gasteiger charge is -2.08. The highest BCUT2D eigenvalue weighted by Gasteiger charge is 2.27. The van der Waals surface area contributed by atoms with E-state index in [1.807, 2.05) is 12.1 Å². The van der Waals surface area contributed by atoms with Crippen LogP contribution in [-0.4, -0.2) is 30.9 Å². The minimum absolute atomic E-state index is 0.00314. The second-order valence-electron chi connectivity index (χ2n) is 5.52. The van der Waals surface area contributed by atoms with E-state index in [1.54, 1.807) is 18.2 Å². The van der Waals surface area contributed by atoms with E-state index in [9.17, 15) is 18.5 Å². The standard InChI is InChI=1S/C15H16N2O4S2/c18-17(19)14-4-2-1-3-13(14)15-6-5-12(22-15)9-16-11-7-8-23(20,21)10-11/h1-6,11,16H,7-10H2. The van der Waals surface area contributed by atoms with Crippen molar-refractivity contribution in [3.05, 3.63) is 51.4 Å². The molecule has 0 radical (unpaired) electrons. The maximum Gasteiger partial charge on any atom is 0.278 e.